The van der Waals surface area contributed by atoms with Crippen molar-refractivity contribution in [3.8, 4) is 0 Å². The number of hydrogen-bond donors (Lipinski definition) is 2. The Labute approximate surface area is 55.2 Å². The SMILES string of the molecule is C=CN.CCCC(=O)O. The van der Waals surface area contributed by atoms with Crippen molar-refractivity contribution in [2.75, 3.05) is 0 Å². The second-order valence-electron chi connectivity index (χ2n) is 1.38. The largest absolute Gasteiger partial charge is 0.481 e. The van der Waals surface area contributed by atoms with Gasteiger partial charge in [-0.25, -0.2) is 0 Å². The monoisotopic (exact) mass is 131 g/mol. The molecule has 0 atom stereocenters. The summed E-state index contributed by atoms with van der Waals surface area (Å²) < 4.78 is 0. The first-order valence-electron chi connectivity index (χ1n) is 2.73. The molecule has 0 aromatic heterocycles. The quantitative estimate of drug-likeness (QED) is 0.586. The summed E-state index contributed by atoms with van der Waals surface area (Å²) in [7, 11) is 0. The van der Waals surface area contributed by atoms with Crippen LogP contribution in [0.2, 0.25) is 0 Å². The third-order valence-corrected chi connectivity index (χ3v) is 0.464. The van der Waals surface area contributed by atoms with Crippen LogP contribution in [-0.4, -0.2) is 11.1 Å². The van der Waals surface area contributed by atoms with E-state index in [1.807, 2.05) is 6.92 Å². The topological polar surface area (TPSA) is 63.3 Å². The van der Waals surface area contributed by atoms with E-state index in [2.05, 4.69) is 12.3 Å². The highest BCUT2D eigenvalue weighted by atomic mass is 16.4. The van der Waals surface area contributed by atoms with E-state index in [0.29, 0.717) is 6.42 Å². The minimum absolute atomic E-state index is 0.292. The highest BCUT2D eigenvalue weighted by molar-refractivity contribution is 5.66. The molecule has 0 bridgehead atoms. The standard InChI is InChI=1S/C4H8O2.C2H5N/c1-2-3-4(5)6;1-2-3/h2-3H2,1H3,(H,5,6);2H,1,3H2. The van der Waals surface area contributed by atoms with Crippen molar-refractivity contribution in [2.24, 2.45) is 5.73 Å². The Morgan fingerprint density at radius 3 is 2.22 bits per heavy atom. The molecule has 0 rings (SSSR count). The van der Waals surface area contributed by atoms with Crippen LogP contribution in [0.15, 0.2) is 12.8 Å². The van der Waals surface area contributed by atoms with Gasteiger partial charge in [0.1, 0.15) is 0 Å². The molecule has 0 aliphatic heterocycles. The maximum Gasteiger partial charge on any atom is 0.303 e. The molecular weight excluding hydrogens is 118 g/mol. The van der Waals surface area contributed by atoms with Crippen molar-refractivity contribution in [3.63, 3.8) is 0 Å². The van der Waals surface area contributed by atoms with E-state index >= 15 is 0 Å². The summed E-state index contributed by atoms with van der Waals surface area (Å²) in [4.78, 5) is 9.60. The van der Waals surface area contributed by atoms with E-state index in [4.69, 9.17) is 5.11 Å². The average Bonchev–Trinajstić information content (AvgIpc) is 1.67. The van der Waals surface area contributed by atoms with Crippen molar-refractivity contribution in [2.45, 2.75) is 19.8 Å². The van der Waals surface area contributed by atoms with Crippen LogP contribution in [0, 0.1) is 0 Å². The first-order chi connectivity index (χ1) is 4.18. The molecule has 3 heteroatoms. The molecule has 0 radical (unpaired) electrons. The molecule has 0 unspecified atom stereocenters. The molecule has 0 saturated heterocycles. The van der Waals surface area contributed by atoms with Gasteiger partial charge in [0.2, 0.25) is 0 Å². The van der Waals surface area contributed by atoms with Gasteiger partial charge in [-0.15, -0.1) is 0 Å². The molecule has 0 aliphatic carbocycles. The summed E-state index contributed by atoms with van der Waals surface area (Å²) in [5.41, 5.74) is 4.61. The van der Waals surface area contributed by atoms with Crippen molar-refractivity contribution in [1.29, 1.82) is 0 Å². The number of aliphatic carboxylic acids is 1. The zero-order valence-corrected chi connectivity index (χ0v) is 5.63. The highest BCUT2D eigenvalue weighted by Crippen LogP contribution is 1.82. The van der Waals surface area contributed by atoms with Gasteiger partial charge < -0.3 is 10.8 Å². The molecule has 0 heterocycles. The Bertz CT molecular complexity index is 81.1. The predicted octanol–water partition coefficient (Wildman–Crippen LogP) is 0.960. The van der Waals surface area contributed by atoms with Crippen LogP contribution in [0.4, 0.5) is 0 Å². The number of rotatable bonds is 2. The third-order valence-electron chi connectivity index (χ3n) is 0.464. The van der Waals surface area contributed by atoms with Crippen LogP contribution in [0.3, 0.4) is 0 Å². The molecule has 3 N–H and O–H groups in total. The lowest BCUT2D eigenvalue weighted by Crippen LogP contribution is -1.90. The smallest absolute Gasteiger partial charge is 0.303 e. The molecule has 0 amide bonds. The van der Waals surface area contributed by atoms with Gasteiger partial charge >= 0.3 is 5.97 Å². The summed E-state index contributed by atoms with van der Waals surface area (Å²) in [6, 6.07) is 0. The van der Waals surface area contributed by atoms with Gasteiger partial charge in [0, 0.05) is 6.42 Å². The Hall–Kier alpha value is -0.990. The summed E-state index contributed by atoms with van der Waals surface area (Å²) in [6.45, 7) is 4.98. The number of carbonyl (C=O) groups is 1. The van der Waals surface area contributed by atoms with E-state index in [9.17, 15) is 4.79 Å². The normalized spacial score (nSPS) is 6.78. The summed E-state index contributed by atoms with van der Waals surface area (Å²) in [6.07, 6.45) is 2.27. The van der Waals surface area contributed by atoms with E-state index in [1.54, 1.807) is 0 Å². The van der Waals surface area contributed by atoms with Gasteiger partial charge in [0.15, 0.2) is 0 Å². The third kappa shape index (κ3) is 43.6. The molecule has 3 nitrogen and oxygen atoms in total. The zero-order chi connectivity index (χ0) is 7.70. The summed E-state index contributed by atoms with van der Waals surface area (Å²) >= 11 is 0. The van der Waals surface area contributed by atoms with Crippen LogP contribution in [0.5, 0.6) is 0 Å². The van der Waals surface area contributed by atoms with Gasteiger partial charge in [-0.05, 0) is 12.6 Å². The Morgan fingerprint density at radius 1 is 1.89 bits per heavy atom. The van der Waals surface area contributed by atoms with Crippen LogP contribution in [-0.2, 0) is 4.79 Å². The minimum atomic E-state index is -0.711. The first-order valence-corrected chi connectivity index (χ1v) is 2.73. The van der Waals surface area contributed by atoms with Crippen molar-refractivity contribution in [3.05, 3.63) is 12.8 Å². The lowest BCUT2D eigenvalue weighted by Gasteiger charge is -1.79. The van der Waals surface area contributed by atoms with Crippen molar-refractivity contribution in [1.82, 2.24) is 0 Å². The van der Waals surface area contributed by atoms with E-state index < -0.39 is 5.97 Å². The fourth-order valence-corrected chi connectivity index (χ4v) is 0.214. The second-order valence-corrected chi connectivity index (χ2v) is 1.38. The summed E-state index contributed by atoms with van der Waals surface area (Å²) in [5.74, 6) is -0.711. The molecule has 0 aromatic rings. The highest BCUT2D eigenvalue weighted by Gasteiger charge is 1.87. The maximum absolute atomic E-state index is 9.60. The van der Waals surface area contributed by atoms with E-state index in [1.165, 1.54) is 6.20 Å². The van der Waals surface area contributed by atoms with Crippen molar-refractivity contribution < 1.29 is 9.90 Å². The van der Waals surface area contributed by atoms with E-state index in [-0.39, 0.29) is 0 Å². The van der Waals surface area contributed by atoms with Crippen LogP contribution >= 0.6 is 0 Å². The molecular formula is C6H13NO2. The molecule has 0 saturated carbocycles. The predicted molar refractivity (Wildman–Crippen MR) is 36.9 cm³/mol. The van der Waals surface area contributed by atoms with Crippen LogP contribution < -0.4 is 5.73 Å². The van der Waals surface area contributed by atoms with Crippen LogP contribution in [0.25, 0.3) is 0 Å². The maximum atomic E-state index is 9.60. The molecule has 0 aromatic carbocycles. The first kappa shape index (κ1) is 10.9. The molecule has 0 spiro atoms. The number of carboxylic acid groups (broad SMARTS) is 1. The number of nitrogens with two attached hydrogens (primary N) is 1. The molecule has 0 fully saturated rings. The fourth-order valence-electron chi connectivity index (χ4n) is 0.214. The van der Waals surface area contributed by atoms with Gasteiger partial charge in [-0.3, -0.25) is 4.79 Å². The van der Waals surface area contributed by atoms with Crippen LogP contribution in [0.1, 0.15) is 19.8 Å². The minimum Gasteiger partial charge on any atom is -0.481 e. The second kappa shape index (κ2) is 10.1. The van der Waals surface area contributed by atoms with Gasteiger partial charge in [0.05, 0.1) is 0 Å². The average molecular weight is 131 g/mol. The van der Waals surface area contributed by atoms with Gasteiger partial charge in [-0.2, -0.15) is 0 Å². The fraction of sp³-hybridized carbons (Fsp3) is 0.500. The lowest BCUT2D eigenvalue weighted by molar-refractivity contribution is -0.137. The van der Waals surface area contributed by atoms with Crippen molar-refractivity contribution >= 4 is 5.97 Å². The zero-order valence-electron chi connectivity index (χ0n) is 5.63. The van der Waals surface area contributed by atoms with Gasteiger partial charge in [0.25, 0.3) is 0 Å². The molecule has 54 valence electrons. The Morgan fingerprint density at radius 2 is 2.22 bits per heavy atom. The molecule has 9 heavy (non-hydrogen) atoms. The Balaban J connectivity index is 0. The number of carboxylic acids is 1. The van der Waals surface area contributed by atoms with Gasteiger partial charge in [-0.1, -0.05) is 13.5 Å². The molecule has 0 aliphatic rings. The number of hydrogen-bond acceptors (Lipinski definition) is 2. The lowest BCUT2D eigenvalue weighted by atomic mass is 10.4. The summed E-state index contributed by atoms with van der Waals surface area (Å²) in [5, 5.41) is 7.91. The Kier molecular flexibility index (Phi) is 12.2. The van der Waals surface area contributed by atoms with E-state index in [0.717, 1.165) is 6.42 Å².